The van der Waals surface area contributed by atoms with E-state index < -0.39 is 9.85 Å². The van der Waals surface area contributed by atoms with Crippen molar-refractivity contribution in [3.05, 3.63) is 31.6 Å². The maximum atomic E-state index is 10.7. The number of hydrogen-bond donors (Lipinski definition) is 0. The monoisotopic (exact) mass is 226 g/mol. The lowest BCUT2D eigenvalue weighted by molar-refractivity contribution is -0.724. The number of aryl methyl sites for hydroxylation is 2. The van der Waals surface area contributed by atoms with E-state index >= 15 is 0 Å². The minimum atomic E-state index is -0.682. The van der Waals surface area contributed by atoms with E-state index in [0.717, 1.165) is 9.26 Å². The van der Waals surface area contributed by atoms with Gasteiger partial charge in [0.15, 0.2) is 0 Å². The molecule has 0 N–H and O–H groups in total. The van der Waals surface area contributed by atoms with Gasteiger partial charge < -0.3 is 20.2 Å². The molecule has 0 unspecified atom stereocenters. The van der Waals surface area contributed by atoms with Crippen LogP contribution >= 0.6 is 0 Å². The molecule has 16 heavy (non-hydrogen) atoms. The van der Waals surface area contributed by atoms with Crippen LogP contribution in [0.2, 0.25) is 0 Å². The van der Waals surface area contributed by atoms with Crippen LogP contribution in [0.15, 0.2) is 0 Å². The summed E-state index contributed by atoms with van der Waals surface area (Å²) in [6, 6.07) is 0. The van der Waals surface area contributed by atoms with Crippen LogP contribution in [0.3, 0.4) is 0 Å². The SMILES string of the molecule is Cc1nn2c([N+](=O)[O-])c(C)[n-][n+]2c1[N+](=O)[O-]. The van der Waals surface area contributed by atoms with Crippen LogP contribution in [0, 0.1) is 34.1 Å². The molecule has 2 aromatic rings. The summed E-state index contributed by atoms with van der Waals surface area (Å²) in [7, 11) is 0. The van der Waals surface area contributed by atoms with E-state index in [-0.39, 0.29) is 23.0 Å². The van der Waals surface area contributed by atoms with Crippen LogP contribution in [0.4, 0.5) is 11.6 Å². The summed E-state index contributed by atoms with van der Waals surface area (Å²) in [6.07, 6.45) is 0. The quantitative estimate of drug-likeness (QED) is 0.379. The molecular formula is C6H6N6O4. The number of nitro groups is 2. The molecule has 0 aliphatic heterocycles. The van der Waals surface area contributed by atoms with Gasteiger partial charge in [-0.15, -0.1) is 0 Å². The maximum absolute atomic E-state index is 10.7. The van der Waals surface area contributed by atoms with Crippen molar-refractivity contribution in [2.75, 3.05) is 0 Å². The molecule has 0 amide bonds. The lowest BCUT2D eigenvalue weighted by atomic mass is 10.5. The summed E-state index contributed by atoms with van der Waals surface area (Å²) in [5.41, 5.74) is 0.140. The molecule has 0 bridgehead atoms. The van der Waals surface area contributed by atoms with Crippen LogP contribution < -0.4 is 9.73 Å². The first-order valence-corrected chi connectivity index (χ1v) is 4.17. The van der Waals surface area contributed by atoms with Gasteiger partial charge in [0.2, 0.25) is 0 Å². The van der Waals surface area contributed by atoms with Crippen LogP contribution in [0.5, 0.6) is 0 Å². The zero-order valence-corrected chi connectivity index (χ0v) is 8.32. The van der Waals surface area contributed by atoms with Crippen molar-refractivity contribution in [2.24, 2.45) is 0 Å². The van der Waals surface area contributed by atoms with E-state index in [4.69, 9.17) is 0 Å². The molecule has 0 aliphatic rings. The summed E-state index contributed by atoms with van der Waals surface area (Å²) in [5.74, 6) is -0.757. The number of aromatic nitrogens is 4. The lowest BCUT2D eigenvalue weighted by Gasteiger charge is -1.94. The first-order valence-electron chi connectivity index (χ1n) is 4.17. The molecule has 2 aromatic heterocycles. The third-order valence-corrected chi connectivity index (χ3v) is 2.04. The second-order valence-electron chi connectivity index (χ2n) is 3.11. The first-order chi connectivity index (χ1) is 7.43. The molecule has 10 heteroatoms. The highest BCUT2D eigenvalue weighted by Gasteiger charge is 2.29. The van der Waals surface area contributed by atoms with Gasteiger partial charge in [-0.1, -0.05) is 9.55 Å². The second kappa shape index (κ2) is 2.98. The smallest absolute Gasteiger partial charge is 0.361 e. The predicted octanol–water partition coefficient (Wildman–Crippen LogP) is -0.690. The Hall–Kier alpha value is -2.52. The van der Waals surface area contributed by atoms with Gasteiger partial charge in [-0.25, -0.2) is 5.10 Å². The Morgan fingerprint density at radius 2 is 1.94 bits per heavy atom. The fraction of sp³-hybridized carbons (Fsp3) is 0.333. The molecule has 0 radical (unpaired) electrons. The molecule has 2 heterocycles. The minimum Gasteiger partial charge on any atom is -0.361 e. The van der Waals surface area contributed by atoms with Gasteiger partial charge in [0.1, 0.15) is 0 Å². The van der Waals surface area contributed by atoms with E-state index in [1.54, 1.807) is 0 Å². The third-order valence-electron chi connectivity index (χ3n) is 2.04. The molecule has 0 fully saturated rings. The van der Waals surface area contributed by atoms with Gasteiger partial charge in [0, 0.05) is 22.6 Å². The van der Waals surface area contributed by atoms with Gasteiger partial charge in [0.25, 0.3) is 5.82 Å². The third kappa shape index (κ3) is 1.12. The highest BCUT2D eigenvalue weighted by molar-refractivity contribution is 5.24. The van der Waals surface area contributed by atoms with Crippen molar-refractivity contribution < 1.29 is 14.5 Å². The van der Waals surface area contributed by atoms with E-state index in [0.29, 0.717) is 0 Å². The Balaban J connectivity index is 2.88. The predicted molar refractivity (Wildman–Crippen MR) is 46.9 cm³/mol. The van der Waals surface area contributed by atoms with Crippen molar-refractivity contribution >= 4 is 11.6 Å². The Labute approximate surface area is 87.4 Å². The zero-order chi connectivity index (χ0) is 12.0. The molecule has 2 rings (SSSR count). The Bertz CT molecular complexity index is 556. The summed E-state index contributed by atoms with van der Waals surface area (Å²) >= 11 is 0. The molecule has 0 spiro atoms. The average molecular weight is 226 g/mol. The Kier molecular flexibility index (Phi) is 1.87. The van der Waals surface area contributed by atoms with Crippen LogP contribution in [-0.4, -0.2) is 19.6 Å². The minimum absolute atomic E-state index is 0.0700. The van der Waals surface area contributed by atoms with E-state index in [1.807, 2.05) is 0 Å². The summed E-state index contributed by atoms with van der Waals surface area (Å²) in [4.78, 5) is 20.1. The fourth-order valence-corrected chi connectivity index (χ4v) is 1.43. The van der Waals surface area contributed by atoms with Crippen molar-refractivity contribution in [3.63, 3.8) is 0 Å². The second-order valence-corrected chi connectivity index (χ2v) is 3.11. The molecule has 0 aliphatic carbocycles. The number of hydrogen-bond acceptors (Lipinski definition) is 5. The van der Waals surface area contributed by atoms with Gasteiger partial charge in [0.05, 0.1) is 0 Å². The van der Waals surface area contributed by atoms with Crippen LogP contribution in [0.1, 0.15) is 11.4 Å². The number of nitrogens with zero attached hydrogens (tertiary/aromatic N) is 6. The lowest BCUT2D eigenvalue weighted by Crippen LogP contribution is -2.33. The molecule has 0 atom stereocenters. The van der Waals surface area contributed by atoms with E-state index in [9.17, 15) is 20.2 Å². The van der Waals surface area contributed by atoms with Gasteiger partial charge in [-0.2, -0.15) is 0 Å². The number of rotatable bonds is 2. The molecule has 10 nitrogen and oxygen atoms in total. The molecule has 0 saturated heterocycles. The maximum Gasteiger partial charge on any atom is 0.457 e. The fourth-order valence-electron chi connectivity index (χ4n) is 1.43. The van der Waals surface area contributed by atoms with Crippen molar-refractivity contribution in [1.29, 1.82) is 0 Å². The first kappa shape index (κ1) is 10.0. The summed E-state index contributed by atoms with van der Waals surface area (Å²) < 4.78 is 1.62. The average Bonchev–Trinajstić information content (AvgIpc) is 2.55. The number of fused-ring (bicyclic) bond motifs is 1. The van der Waals surface area contributed by atoms with Crippen LogP contribution in [0.25, 0.3) is 0 Å². The Morgan fingerprint density at radius 1 is 1.31 bits per heavy atom. The molecule has 84 valence electrons. The standard InChI is InChI=1S/C6H6N6O4/c1-3-5(11(13)14)9-8-4(2)6(12(15)16)10(9)7-3/h1-2H3. The highest BCUT2D eigenvalue weighted by atomic mass is 16.6. The van der Waals surface area contributed by atoms with Crippen LogP contribution in [-0.2, 0) is 0 Å². The summed E-state index contributed by atoms with van der Waals surface area (Å²) in [5, 5.41) is 28.8. The molecule has 0 aromatic carbocycles. The normalized spacial score (nSPS) is 10.9. The van der Waals surface area contributed by atoms with Crippen molar-refractivity contribution in [2.45, 2.75) is 13.8 Å². The van der Waals surface area contributed by atoms with Crippen molar-refractivity contribution in [3.8, 4) is 0 Å². The zero-order valence-electron chi connectivity index (χ0n) is 8.32. The highest BCUT2D eigenvalue weighted by Crippen LogP contribution is 2.15. The van der Waals surface area contributed by atoms with Gasteiger partial charge in [-0.05, 0) is 11.6 Å². The Morgan fingerprint density at radius 3 is 2.44 bits per heavy atom. The topological polar surface area (TPSA) is 122 Å². The summed E-state index contributed by atoms with van der Waals surface area (Å²) in [6.45, 7) is 2.78. The van der Waals surface area contributed by atoms with E-state index in [1.165, 1.54) is 13.8 Å². The molecule has 0 saturated carbocycles. The van der Waals surface area contributed by atoms with Gasteiger partial charge in [-0.3, -0.25) is 0 Å². The van der Waals surface area contributed by atoms with Gasteiger partial charge >= 0.3 is 11.5 Å². The molecular weight excluding hydrogens is 220 g/mol. The van der Waals surface area contributed by atoms with Crippen molar-refractivity contribution in [1.82, 2.24) is 14.8 Å². The largest absolute Gasteiger partial charge is 0.457 e. The van der Waals surface area contributed by atoms with E-state index in [2.05, 4.69) is 10.2 Å².